The maximum atomic E-state index is 13.2. The Kier molecular flexibility index (Phi) is 6.23. The number of nitrogens with one attached hydrogen (secondary N) is 2. The minimum absolute atomic E-state index is 0.0712. The maximum Gasteiger partial charge on any atom is 0.416 e. The van der Waals surface area contributed by atoms with Gasteiger partial charge < -0.3 is 15.7 Å². The summed E-state index contributed by atoms with van der Waals surface area (Å²) in [6.07, 6.45) is -0.575. The van der Waals surface area contributed by atoms with Crippen LogP contribution in [0.3, 0.4) is 0 Å². The number of nitrogens with zero attached hydrogens (tertiary/aromatic N) is 3. The van der Waals surface area contributed by atoms with Gasteiger partial charge in [-0.1, -0.05) is 17.7 Å². The van der Waals surface area contributed by atoms with Crippen molar-refractivity contribution in [2.75, 3.05) is 10.6 Å². The summed E-state index contributed by atoms with van der Waals surface area (Å²) in [4.78, 5) is 8.33. The zero-order valence-corrected chi connectivity index (χ0v) is 15.9. The van der Waals surface area contributed by atoms with Gasteiger partial charge >= 0.3 is 6.18 Å². The van der Waals surface area contributed by atoms with Crippen LogP contribution in [0, 0.1) is 18.3 Å². The highest BCUT2D eigenvalue weighted by molar-refractivity contribution is 5.54. The van der Waals surface area contributed by atoms with E-state index in [-0.39, 0.29) is 35.8 Å². The van der Waals surface area contributed by atoms with Gasteiger partial charge in [-0.15, -0.1) is 0 Å². The maximum absolute atomic E-state index is 13.2. The molecular weight excluding hydrogens is 383 g/mol. The zero-order chi connectivity index (χ0) is 21.0. The smallest absolute Gasteiger partial charge is 0.393 e. The molecule has 0 unspecified atom stereocenters. The summed E-state index contributed by atoms with van der Waals surface area (Å²) >= 11 is 0. The molecule has 1 fully saturated rings. The second-order valence-corrected chi connectivity index (χ2v) is 7.23. The summed E-state index contributed by atoms with van der Waals surface area (Å²) in [5.74, 6) is 0.476. The van der Waals surface area contributed by atoms with E-state index in [0.717, 1.165) is 24.5 Å². The standard InChI is InChI=1S/C20H22F3N5O/c1-12-2-7-17(20(21,22)23)13(8-12)10-25-19-26-11-14(9-24)18(28-19)27-15-3-5-16(29)6-4-15/h2,7-8,11,15-16,29H,3-6,10H2,1H3,(H2,25,26,27,28)/t15-,16+. The number of anilines is 2. The Morgan fingerprint density at radius 2 is 1.97 bits per heavy atom. The molecule has 1 aliphatic rings. The third-order valence-electron chi connectivity index (χ3n) is 4.95. The van der Waals surface area contributed by atoms with Gasteiger partial charge in [-0.25, -0.2) is 4.98 Å². The van der Waals surface area contributed by atoms with E-state index in [9.17, 15) is 23.5 Å². The number of hydrogen-bond acceptors (Lipinski definition) is 6. The van der Waals surface area contributed by atoms with E-state index in [1.165, 1.54) is 18.3 Å². The lowest BCUT2D eigenvalue weighted by atomic mass is 9.93. The topological polar surface area (TPSA) is 93.9 Å². The fourth-order valence-corrected chi connectivity index (χ4v) is 3.39. The van der Waals surface area contributed by atoms with Gasteiger partial charge in [0.1, 0.15) is 17.5 Å². The first-order valence-corrected chi connectivity index (χ1v) is 9.38. The third-order valence-corrected chi connectivity index (χ3v) is 4.95. The van der Waals surface area contributed by atoms with Crippen LogP contribution in [-0.4, -0.2) is 27.2 Å². The van der Waals surface area contributed by atoms with Crippen molar-refractivity contribution in [3.05, 3.63) is 46.6 Å². The Morgan fingerprint density at radius 3 is 2.62 bits per heavy atom. The number of aliphatic hydroxyl groups is 1. The molecule has 29 heavy (non-hydrogen) atoms. The Labute approximate surface area is 166 Å². The van der Waals surface area contributed by atoms with Crippen molar-refractivity contribution < 1.29 is 18.3 Å². The molecule has 0 atom stereocenters. The zero-order valence-electron chi connectivity index (χ0n) is 15.9. The number of rotatable bonds is 5. The molecule has 0 aliphatic heterocycles. The first kappa shape index (κ1) is 20.9. The Morgan fingerprint density at radius 1 is 1.24 bits per heavy atom. The van der Waals surface area contributed by atoms with Crippen LogP contribution >= 0.6 is 0 Å². The summed E-state index contributed by atoms with van der Waals surface area (Å²) in [6, 6.07) is 6.06. The largest absolute Gasteiger partial charge is 0.416 e. The van der Waals surface area contributed by atoms with Crippen LogP contribution in [0.5, 0.6) is 0 Å². The SMILES string of the molecule is Cc1ccc(C(F)(F)F)c(CNc2ncc(C#N)c(N[C@H]3CC[C@@H](O)CC3)n2)c1. The van der Waals surface area contributed by atoms with Gasteiger partial charge in [0, 0.05) is 12.6 Å². The highest BCUT2D eigenvalue weighted by atomic mass is 19.4. The van der Waals surface area contributed by atoms with Crippen molar-refractivity contribution in [3.8, 4) is 6.07 Å². The number of benzene rings is 1. The predicted octanol–water partition coefficient (Wildman–Crippen LogP) is 4.00. The number of aliphatic hydroxyl groups excluding tert-OH is 1. The summed E-state index contributed by atoms with van der Waals surface area (Å²) in [6.45, 7) is 1.63. The van der Waals surface area contributed by atoms with Crippen molar-refractivity contribution in [2.24, 2.45) is 0 Å². The van der Waals surface area contributed by atoms with Gasteiger partial charge in [0.2, 0.25) is 5.95 Å². The van der Waals surface area contributed by atoms with E-state index in [1.807, 2.05) is 6.07 Å². The van der Waals surface area contributed by atoms with E-state index >= 15 is 0 Å². The van der Waals surface area contributed by atoms with Gasteiger partial charge in [-0.05, 0) is 44.2 Å². The molecule has 154 valence electrons. The number of hydrogen-bond donors (Lipinski definition) is 3. The molecule has 2 aromatic rings. The summed E-state index contributed by atoms with van der Waals surface area (Å²) < 4.78 is 39.7. The molecular formula is C20H22F3N5O. The van der Waals surface area contributed by atoms with E-state index in [4.69, 9.17) is 0 Å². The average molecular weight is 405 g/mol. The molecule has 0 spiro atoms. The predicted molar refractivity (Wildman–Crippen MR) is 102 cm³/mol. The van der Waals surface area contributed by atoms with Crippen LogP contribution in [0.4, 0.5) is 24.9 Å². The fraction of sp³-hybridized carbons (Fsp3) is 0.450. The van der Waals surface area contributed by atoms with Gasteiger partial charge in [0.15, 0.2) is 0 Å². The monoisotopic (exact) mass is 405 g/mol. The first-order chi connectivity index (χ1) is 13.8. The molecule has 1 saturated carbocycles. The Bertz CT molecular complexity index is 902. The normalized spacial score (nSPS) is 19.4. The number of aromatic nitrogens is 2. The van der Waals surface area contributed by atoms with Crippen LogP contribution in [0.1, 0.15) is 47.9 Å². The van der Waals surface area contributed by atoms with Gasteiger partial charge in [0.25, 0.3) is 0 Å². The molecule has 3 rings (SSSR count). The molecule has 1 aromatic carbocycles. The molecule has 9 heteroatoms. The second kappa shape index (κ2) is 8.66. The molecule has 1 aromatic heterocycles. The lowest BCUT2D eigenvalue weighted by Crippen LogP contribution is -2.29. The minimum atomic E-state index is -4.45. The van der Waals surface area contributed by atoms with Crippen molar-refractivity contribution >= 4 is 11.8 Å². The number of halogens is 3. The molecule has 3 N–H and O–H groups in total. The molecule has 0 bridgehead atoms. The van der Waals surface area contributed by atoms with E-state index < -0.39 is 11.7 Å². The Balaban J connectivity index is 1.76. The summed E-state index contributed by atoms with van der Waals surface area (Å²) in [5.41, 5.74) is 0.371. The van der Waals surface area contributed by atoms with Crippen molar-refractivity contribution in [2.45, 2.75) is 57.5 Å². The lowest BCUT2D eigenvalue weighted by molar-refractivity contribution is -0.138. The lowest BCUT2D eigenvalue weighted by Gasteiger charge is -2.26. The van der Waals surface area contributed by atoms with Crippen LogP contribution in [0.15, 0.2) is 24.4 Å². The molecule has 0 amide bonds. The van der Waals surface area contributed by atoms with Crippen LogP contribution in [0.2, 0.25) is 0 Å². The second-order valence-electron chi connectivity index (χ2n) is 7.23. The highest BCUT2D eigenvalue weighted by Crippen LogP contribution is 2.33. The van der Waals surface area contributed by atoms with E-state index in [1.54, 1.807) is 6.92 Å². The quantitative estimate of drug-likeness (QED) is 0.696. The number of alkyl halides is 3. The molecule has 1 heterocycles. The van der Waals surface area contributed by atoms with E-state index in [2.05, 4.69) is 20.6 Å². The third kappa shape index (κ3) is 5.35. The minimum Gasteiger partial charge on any atom is -0.393 e. The number of nitriles is 1. The number of aryl methyl sites for hydroxylation is 1. The van der Waals surface area contributed by atoms with Crippen molar-refractivity contribution in [1.82, 2.24) is 9.97 Å². The van der Waals surface area contributed by atoms with E-state index in [0.29, 0.717) is 18.7 Å². The van der Waals surface area contributed by atoms with Crippen LogP contribution < -0.4 is 10.6 Å². The molecule has 6 nitrogen and oxygen atoms in total. The van der Waals surface area contributed by atoms with Gasteiger partial charge in [0.05, 0.1) is 17.9 Å². The fourth-order valence-electron chi connectivity index (χ4n) is 3.39. The van der Waals surface area contributed by atoms with Crippen LogP contribution in [0.25, 0.3) is 0 Å². The summed E-state index contributed by atoms with van der Waals surface area (Å²) in [5, 5.41) is 24.9. The van der Waals surface area contributed by atoms with Gasteiger partial charge in [-0.2, -0.15) is 23.4 Å². The molecule has 1 aliphatic carbocycles. The van der Waals surface area contributed by atoms with Gasteiger partial charge in [-0.3, -0.25) is 0 Å². The van der Waals surface area contributed by atoms with Crippen molar-refractivity contribution in [3.63, 3.8) is 0 Å². The average Bonchev–Trinajstić information content (AvgIpc) is 2.67. The van der Waals surface area contributed by atoms with Crippen molar-refractivity contribution in [1.29, 1.82) is 5.26 Å². The first-order valence-electron chi connectivity index (χ1n) is 9.38. The highest BCUT2D eigenvalue weighted by Gasteiger charge is 2.33. The summed E-state index contributed by atoms with van der Waals surface area (Å²) in [7, 11) is 0. The molecule has 0 radical (unpaired) electrons. The van der Waals surface area contributed by atoms with Crippen LogP contribution in [-0.2, 0) is 12.7 Å². The molecule has 0 saturated heterocycles. The Hall–Kier alpha value is -2.86.